The number of nitrogens with zero attached hydrogens (tertiary/aromatic N) is 4. The van der Waals surface area contributed by atoms with Crippen molar-refractivity contribution in [2.45, 2.75) is 25.7 Å². The second-order valence-corrected chi connectivity index (χ2v) is 5.78. The Kier molecular flexibility index (Phi) is 2.32. The Balaban J connectivity index is 2.08. The summed E-state index contributed by atoms with van der Waals surface area (Å²) < 4.78 is 2.88. The monoisotopic (exact) mass is 284 g/mol. The summed E-state index contributed by atoms with van der Waals surface area (Å²) in [4.78, 5) is 4.43. The Morgan fingerprint density at radius 1 is 1.27 bits per heavy atom. The van der Waals surface area contributed by atoms with Gasteiger partial charge in [0, 0.05) is 5.69 Å². The molecule has 3 rings (SSSR count). The lowest BCUT2D eigenvalue weighted by atomic mass is 10.0. The van der Waals surface area contributed by atoms with Crippen LogP contribution >= 0.6 is 27.3 Å². The molecule has 1 aliphatic carbocycles. The Labute approximate surface area is 99.5 Å². The van der Waals surface area contributed by atoms with E-state index < -0.39 is 0 Å². The Bertz CT molecular complexity index is 490. The number of imidazole rings is 1. The molecule has 0 radical (unpaired) electrons. The van der Waals surface area contributed by atoms with Crippen LogP contribution in [0.4, 0.5) is 0 Å². The Morgan fingerprint density at radius 3 is 2.93 bits per heavy atom. The summed E-state index contributed by atoms with van der Waals surface area (Å²) in [5, 5.41) is 8.97. The number of halogens is 1. The van der Waals surface area contributed by atoms with Gasteiger partial charge in [0.15, 0.2) is 3.92 Å². The van der Waals surface area contributed by atoms with Crippen molar-refractivity contribution in [1.29, 1.82) is 0 Å². The molecule has 0 N–H and O–H groups in total. The summed E-state index contributed by atoms with van der Waals surface area (Å²) in [5.74, 6) is 0. The van der Waals surface area contributed by atoms with E-state index in [4.69, 9.17) is 0 Å². The zero-order valence-corrected chi connectivity index (χ0v) is 10.4. The lowest BCUT2D eigenvalue weighted by Crippen LogP contribution is -2.06. The molecule has 0 aliphatic heterocycles. The summed E-state index contributed by atoms with van der Waals surface area (Å²) in [7, 11) is 0. The van der Waals surface area contributed by atoms with Crippen LogP contribution in [-0.4, -0.2) is 19.7 Å². The maximum atomic E-state index is 4.43. The minimum atomic E-state index is 0.816. The number of hydrogen-bond donors (Lipinski definition) is 0. The first-order valence-corrected chi connectivity index (χ1v) is 6.50. The second kappa shape index (κ2) is 3.68. The van der Waals surface area contributed by atoms with Crippen LogP contribution in [0, 0.1) is 0 Å². The number of rotatable bonds is 1. The van der Waals surface area contributed by atoms with E-state index in [-0.39, 0.29) is 0 Å². The van der Waals surface area contributed by atoms with E-state index >= 15 is 0 Å². The zero-order valence-electron chi connectivity index (χ0n) is 7.98. The summed E-state index contributed by atoms with van der Waals surface area (Å²) >= 11 is 4.86. The molecular formula is C9H9BrN4S. The molecule has 2 aromatic rings. The number of hydrogen-bond acceptors (Lipinski definition) is 4. The lowest BCUT2D eigenvalue weighted by Gasteiger charge is -2.11. The second-order valence-electron chi connectivity index (χ2n) is 3.55. The normalized spacial score (nSPS) is 15.3. The van der Waals surface area contributed by atoms with E-state index in [1.54, 1.807) is 0 Å². The highest BCUT2D eigenvalue weighted by molar-refractivity contribution is 9.11. The quantitative estimate of drug-likeness (QED) is 0.808. The van der Waals surface area contributed by atoms with E-state index in [2.05, 4.69) is 35.7 Å². The van der Waals surface area contributed by atoms with E-state index in [1.807, 2.05) is 6.33 Å². The number of aromatic nitrogens is 4. The molecule has 6 heteroatoms. The van der Waals surface area contributed by atoms with Gasteiger partial charge in [-0.05, 0) is 41.6 Å². The predicted octanol–water partition coefficient (Wildman–Crippen LogP) is 2.37. The maximum absolute atomic E-state index is 4.43. The standard InChI is InChI=1S/C9H9BrN4S/c10-8-12-13-9(15-8)14-5-11-6-3-1-2-4-7(6)14/h5H,1-4H2. The molecule has 1 aliphatic rings. The first kappa shape index (κ1) is 9.47. The highest BCUT2D eigenvalue weighted by Gasteiger charge is 2.17. The largest absolute Gasteiger partial charge is 0.277 e. The van der Waals surface area contributed by atoms with E-state index in [1.165, 1.54) is 35.6 Å². The zero-order chi connectivity index (χ0) is 10.3. The summed E-state index contributed by atoms with van der Waals surface area (Å²) in [6, 6.07) is 0. The fraction of sp³-hybridized carbons (Fsp3) is 0.444. The van der Waals surface area contributed by atoms with Crippen LogP contribution in [0.2, 0.25) is 0 Å². The third kappa shape index (κ3) is 1.61. The molecule has 4 nitrogen and oxygen atoms in total. The minimum absolute atomic E-state index is 0.816. The van der Waals surface area contributed by atoms with Gasteiger partial charge in [0.25, 0.3) is 0 Å². The Morgan fingerprint density at radius 2 is 2.13 bits per heavy atom. The van der Waals surface area contributed by atoms with Crippen LogP contribution in [0.5, 0.6) is 0 Å². The van der Waals surface area contributed by atoms with Gasteiger partial charge in [-0.1, -0.05) is 11.3 Å². The lowest BCUT2D eigenvalue weighted by molar-refractivity contribution is 0.655. The SMILES string of the molecule is Brc1nnc(-n2cnc3c2CCCC3)s1. The van der Waals surface area contributed by atoms with Crippen molar-refractivity contribution >= 4 is 27.3 Å². The van der Waals surface area contributed by atoms with Crippen LogP contribution in [0.3, 0.4) is 0 Å². The molecule has 0 fully saturated rings. The molecule has 0 saturated carbocycles. The number of aryl methyl sites for hydroxylation is 1. The van der Waals surface area contributed by atoms with Gasteiger partial charge in [-0.3, -0.25) is 4.57 Å². The smallest absolute Gasteiger partial charge is 0.218 e. The van der Waals surface area contributed by atoms with Crippen LogP contribution in [0.1, 0.15) is 24.2 Å². The highest BCUT2D eigenvalue weighted by Crippen LogP contribution is 2.26. The molecule has 0 atom stereocenters. The molecule has 2 aromatic heterocycles. The van der Waals surface area contributed by atoms with Gasteiger partial charge in [-0.15, -0.1) is 10.2 Å². The van der Waals surface area contributed by atoms with Crippen molar-refractivity contribution in [1.82, 2.24) is 19.7 Å². The third-order valence-electron chi connectivity index (χ3n) is 2.63. The average Bonchev–Trinajstić information content (AvgIpc) is 2.83. The van der Waals surface area contributed by atoms with Gasteiger partial charge in [-0.2, -0.15) is 0 Å². The first-order chi connectivity index (χ1) is 7.34. The Hall–Kier alpha value is -0.750. The van der Waals surface area contributed by atoms with Crippen molar-refractivity contribution in [3.8, 4) is 5.13 Å². The van der Waals surface area contributed by atoms with Gasteiger partial charge < -0.3 is 0 Å². The van der Waals surface area contributed by atoms with E-state index in [9.17, 15) is 0 Å². The summed E-state index contributed by atoms with van der Waals surface area (Å²) in [6.07, 6.45) is 6.57. The van der Waals surface area contributed by atoms with Crippen molar-refractivity contribution in [3.05, 3.63) is 21.6 Å². The van der Waals surface area contributed by atoms with Crippen LogP contribution in [0.15, 0.2) is 10.2 Å². The van der Waals surface area contributed by atoms with E-state index in [0.29, 0.717) is 0 Å². The van der Waals surface area contributed by atoms with Crippen LogP contribution < -0.4 is 0 Å². The van der Waals surface area contributed by atoms with Crippen molar-refractivity contribution < 1.29 is 0 Å². The molecule has 0 unspecified atom stereocenters. The van der Waals surface area contributed by atoms with E-state index in [0.717, 1.165) is 21.9 Å². The molecule has 2 heterocycles. The molecule has 15 heavy (non-hydrogen) atoms. The van der Waals surface area contributed by atoms with Crippen LogP contribution in [0.25, 0.3) is 5.13 Å². The van der Waals surface area contributed by atoms with Gasteiger partial charge >= 0.3 is 0 Å². The van der Waals surface area contributed by atoms with Gasteiger partial charge in [-0.25, -0.2) is 4.98 Å². The molecule has 0 amide bonds. The van der Waals surface area contributed by atoms with Crippen molar-refractivity contribution in [2.75, 3.05) is 0 Å². The molecule has 0 aromatic carbocycles. The maximum Gasteiger partial charge on any atom is 0.218 e. The average molecular weight is 285 g/mol. The van der Waals surface area contributed by atoms with Gasteiger partial charge in [0.1, 0.15) is 6.33 Å². The molecule has 0 bridgehead atoms. The fourth-order valence-electron chi connectivity index (χ4n) is 1.93. The summed E-state index contributed by atoms with van der Waals surface area (Å²) in [5.41, 5.74) is 2.54. The topological polar surface area (TPSA) is 43.6 Å². The molecular weight excluding hydrogens is 276 g/mol. The molecule has 78 valence electrons. The first-order valence-electron chi connectivity index (χ1n) is 4.89. The predicted molar refractivity (Wildman–Crippen MR) is 61.4 cm³/mol. The molecule has 0 saturated heterocycles. The highest BCUT2D eigenvalue weighted by atomic mass is 79.9. The van der Waals surface area contributed by atoms with Gasteiger partial charge in [0.2, 0.25) is 5.13 Å². The molecule has 0 spiro atoms. The van der Waals surface area contributed by atoms with Gasteiger partial charge in [0.05, 0.1) is 5.69 Å². The minimum Gasteiger partial charge on any atom is -0.277 e. The number of fused-ring (bicyclic) bond motifs is 1. The van der Waals surface area contributed by atoms with Crippen LogP contribution in [-0.2, 0) is 12.8 Å². The fourth-order valence-corrected chi connectivity index (χ4v) is 3.01. The summed E-state index contributed by atoms with van der Waals surface area (Å²) in [6.45, 7) is 0. The van der Waals surface area contributed by atoms with Crippen molar-refractivity contribution in [2.24, 2.45) is 0 Å². The third-order valence-corrected chi connectivity index (χ3v) is 3.98. The van der Waals surface area contributed by atoms with Crippen molar-refractivity contribution in [3.63, 3.8) is 0 Å².